The number of aliphatic hydroxyl groups is 1. The molecule has 1 aromatic rings. The second-order valence-electron chi connectivity index (χ2n) is 4.05. The number of thioether (sulfide) groups is 1. The maximum absolute atomic E-state index is 12.7. The van der Waals surface area contributed by atoms with Crippen molar-refractivity contribution >= 4 is 23.6 Å². The Balaban J connectivity index is 2.14. The molecule has 0 radical (unpaired) electrons. The summed E-state index contributed by atoms with van der Waals surface area (Å²) in [6, 6.07) is 5.99. The van der Waals surface area contributed by atoms with Gasteiger partial charge in [-0.25, -0.2) is 9.18 Å². The summed E-state index contributed by atoms with van der Waals surface area (Å²) in [4.78, 5) is 22.6. The fourth-order valence-electron chi connectivity index (χ4n) is 1.35. The molecule has 3 N–H and O–H groups in total. The first-order valence-electron chi connectivity index (χ1n) is 6.05. The first-order valence-corrected chi connectivity index (χ1v) is 7.03. The molecule has 0 aliphatic carbocycles. The number of carbonyl (C=O) groups excluding carboxylic acids is 1. The molecule has 1 atom stereocenters. The van der Waals surface area contributed by atoms with Crippen LogP contribution in [0.4, 0.5) is 4.39 Å². The summed E-state index contributed by atoms with van der Waals surface area (Å²) in [6.07, 6.45) is -1.21. The number of carboxylic acid groups (broad SMARTS) is 1. The lowest BCUT2D eigenvalue weighted by molar-refractivity contribution is -0.147. The smallest absolute Gasteiger partial charge is 0.332 e. The van der Waals surface area contributed by atoms with Gasteiger partial charge in [-0.05, 0) is 24.3 Å². The highest BCUT2D eigenvalue weighted by Gasteiger charge is 2.12. The normalized spacial score (nSPS) is 11.9. The van der Waals surface area contributed by atoms with E-state index in [1.54, 1.807) is 12.1 Å². The second kappa shape index (κ2) is 8.55. The number of hydrogen-bond acceptors (Lipinski definition) is 4. The van der Waals surface area contributed by atoms with Gasteiger partial charge in [0.15, 0.2) is 6.10 Å². The topological polar surface area (TPSA) is 86.6 Å². The van der Waals surface area contributed by atoms with E-state index in [1.165, 1.54) is 23.9 Å². The van der Waals surface area contributed by atoms with Gasteiger partial charge in [-0.1, -0.05) is 0 Å². The third-order valence-electron chi connectivity index (χ3n) is 2.44. The van der Waals surface area contributed by atoms with E-state index in [0.717, 1.165) is 4.90 Å². The summed E-state index contributed by atoms with van der Waals surface area (Å²) < 4.78 is 12.7. The van der Waals surface area contributed by atoms with Crippen LogP contribution in [0.5, 0.6) is 0 Å². The van der Waals surface area contributed by atoms with Gasteiger partial charge in [0, 0.05) is 30.0 Å². The van der Waals surface area contributed by atoms with Crippen molar-refractivity contribution in [3.63, 3.8) is 0 Å². The zero-order chi connectivity index (χ0) is 15.0. The molecule has 7 heteroatoms. The molecule has 0 heterocycles. The largest absolute Gasteiger partial charge is 0.479 e. The molecule has 0 aliphatic heterocycles. The van der Waals surface area contributed by atoms with E-state index in [-0.39, 0.29) is 31.1 Å². The fraction of sp³-hybridized carbons (Fsp3) is 0.385. The maximum atomic E-state index is 12.7. The quantitative estimate of drug-likeness (QED) is 0.629. The molecule has 1 rings (SSSR count). The van der Waals surface area contributed by atoms with E-state index in [2.05, 4.69) is 5.32 Å². The third-order valence-corrected chi connectivity index (χ3v) is 3.45. The molecule has 0 spiro atoms. The number of carboxylic acids is 1. The first-order chi connectivity index (χ1) is 9.49. The lowest BCUT2D eigenvalue weighted by Crippen LogP contribution is -2.30. The molecule has 0 fully saturated rings. The third kappa shape index (κ3) is 6.53. The molecular weight excluding hydrogens is 285 g/mol. The van der Waals surface area contributed by atoms with Gasteiger partial charge in [-0.15, -0.1) is 11.8 Å². The van der Waals surface area contributed by atoms with Crippen LogP contribution >= 0.6 is 11.8 Å². The van der Waals surface area contributed by atoms with Crippen LogP contribution in [0, 0.1) is 5.82 Å². The summed E-state index contributed by atoms with van der Waals surface area (Å²) in [7, 11) is 0. The van der Waals surface area contributed by atoms with Crippen molar-refractivity contribution in [2.75, 3.05) is 12.3 Å². The van der Waals surface area contributed by atoms with E-state index >= 15 is 0 Å². The van der Waals surface area contributed by atoms with E-state index < -0.39 is 12.1 Å². The zero-order valence-corrected chi connectivity index (χ0v) is 11.5. The van der Waals surface area contributed by atoms with Gasteiger partial charge < -0.3 is 15.5 Å². The highest BCUT2D eigenvalue weighted by atomic mass is 32.2. The minimum Gasteiger partial charge on any atom is -0.479 e. The van der Waals surface area contributed by atoms with Crippen molar-refractivity contribution in [2.45, 2.75) is 23.8 Å². The van der Waals surface area contributed by atoms with Crippen LogP contribution in [0.15, 0.2) is 29.2 Å². The fourth-order valence-corrected chi connectivity index (χ4v) is 2.20. The molecular formula is C13H16FNO4S. The summed E-state index contributed by atoms with van der Waals surface area (Å²) in [5.41, 5.74) is 0. The minimum atomic E-state index is -1.45. The molecule has 1 amide bonds. The Kier molecular flexibility index (Phi) is 7.03. The van der Waals surface area contributed by atoms with Gasteiger partial charge >= 0.3 is 5.97 Å². The van der Waals surface area contributed by atoms with Crippen LogP contribution in [0.1, 0.15) is 12.8 Å². The Morgan fingerprint density at radius 2 is 1.95 bits per heavy atom. The van der Waals surface area contributed by atoms with Gasteiger partial charge in [0.1, 0.15) is 5.82 Å². The highest BCUT2D eigenvalue weighted by molar-refractivity contribution is 7.99. The molecule has 1 unspecified atom stereocenters. The molecule has 20 heavy (non-hydrogen) atoms. The summed E-state index contributed by atoms with van der Waals surface area (Å²) >= 11 is 1.43. The number of aliphatic carboxylic acids is 1. The van der Waals surface area contributed by atoms with Gasteiger partial charge in [0.25, 0.3) is 0 Å². The second-order valence-corrected chi connectivity index (χ2v) is 5.21. The van der Waals surface area contributed by atoms with E-state index in [1.807, 2.05) is 0 Å². The van der Waals surface area contributed by atoms with Crippen molar-refractivity contribution in [3.8, 4) is 0 Å². The van der Waals surface area contributed by atoms with Crippen LogP contribution in [-0.2, 0) is 9.59 Å². The van der Waals surface area contributed by atoms with Crippen LogP contribution in [-0.4, -0.2) is 40.5 Å². The predicted molar refractivity (Wildman–Crippen MR) is 73.0 cm³/mol. The van der Waals surface area contributed by atoms with Crippen LogP contribution in [0.25, 0.3) is 0 Å². The number of aliphatic hydroxyl groups excluding tert-OH is 1. The Labute approximate surface area is 120 Å². The Morgan fingerprint density at radius 1 is 1.30 bits per heavy atom. The number of amides is 1. The molecule has 0 saturated carbocycles. The maximum Gasteiger partial charge on any atom is 0.332 e. The molecule has 0 aliphatic rings. The average molecular weight is 301 g/mol. The SMILES string of the molecule is O=C(CCSc1ccc(F)cc1)NCCC(O)C(=O)O. The van der Waals surface area contributed by atoms with Gasteiger partial charge in [0.2, 0.25) is 5.91 Å². The van der Waals surface area contributed by atoms with E-state index in [9.17, 15) is 14.0 Å². The Morgan fingerprint density at radius 3 is 2.55 bits per heavy atom. The standard InChI is InChI=1S/C13H16FNO4S/c14-9-1-3-10(4-2-9)20-8-6-12(17)15-7-5-11(16)13(18)19/h1-4,11,16H,5-8H2,(H,15,17)(H,18,19). The zero-order valence-electron chi connectivity index (χ0n) is 10.7. The molecule has 0 aromatic heterocycles. The van der Waals surface area contributed by atoms with Crippen LogP contribution in [0.2, 0.25) is 0 Å². The van der Waals surface area contributed by atoms with Crippen LogP contribution < -0.4 is 5.32 Å². The average Bonchev–Trinajstić information content (AvgIpc) is 2.40. The lowest BCUT2D eigenvalue weighted by atomic mass is 10.2. The monoisotopic (exact) mass is 301 g/mol. The van der Waals surface area contributed by atoms with Crippen molar-refractivity contribution < 1.29 is 24.2 Å². The van der Waals surface area contributed by atoms with Crippen molar-refractivity contribution in [3.05, 3.63) is 30.1 Å². The molecule has 0 saturated heterocycles. The Hall–Kier alpha value is -1.60. The molecule has 5 nitrogen and oxygen atoms in total. The van der Waals surface area contributed by atoms with Gasteiger partial charge in [-0.3, -0.25) is 4.79 Å². The van der Waals surface area contributed by atoms with E-state index in [4.69, 9.17) is 10.2 Å². The summed E-state index contributed by atoms with van der Waals surface area (Å²) in [6.45, 7) is 0.119. The number of hydrogen-bond donors (Lipinski definition) is 3. The van der Waals surface area contributed by atoms with Crippen LogP contribution in [0.3, 0.4) is 0 Å². The molecule has 110 valence electrons. The number of carbonyl (C=O) groups is 2. The number of nitrogens with one attached hydrogen (secondary N) is 1. The lowest BCUT2D eigenvalue weighted by Gasteiger charge is -2.07. The van der Waals surface area contributed by atoms with Gasteiger partial charge in [0.05, 0.1) is 0 Å². The minimum absolute atomic E-state index is 0.0216. The van der Waals surface area contributed by atoms with Crippen molar-refractivity contribution in [1.29, 1.82) is 0 Å². The predicted octanol–water partition coefficient (Wildman–Crippen LogP) is 1.26. The number of rotatable bonds is 8. The number of halogens is 1. The number of benzene rings is 1. The highest BCUT2D eigenvalue weighted by Crippen LogP contribution is 2.18. The van der Waals surface area contributed by atoms with Gasteiger partial charge in [-0.2, -0.15) is 0 Å². The van der Waals surface area contributed by atoms with Crippen molar-refractivity contribution in [2.24, 2.45) is 0 Å². The molecule has 0 bridgehead atoms. The summed E-state index contributed by atoms with van der Waals surface area (Å²) in [5, 5.41) is 20.0. The first kappa shape index (κ1) is 16.5. The van der Waals surface area contributed by atoms with Crippen molar-refractivity contribution in [1.82, 2.24) is 5.32 Å². The molecule has 1 aromatic carbocycles. The van der Waals surface area contributed by atoms with E-state index in [0.29, 0.717) is 5.75 Å². The Bertz CT molecular complexity index is 452. The summed E-state index contributed by atoms with van der Waals surface area (Å²) in [5.74, 6) is -1.27.